The first kappa shape index (κ1) is 15.8. The molecule has 116 valence electrons. The summed E-state index contributed by atoms with van der Waals surface area (Å²) in [5.41, 5.74) is 5.65. The Hall–Kier alpha value is -1.63. The number of likely N-dealkylation sites (tertiary alicyclic amines) is 1. The van der Waals surface area contributed by atoms with Gasteiger partial charge in [-0.05, 0) is 18.8 Å². The fraction of sp³-hybridized carbons (Fsp3) is 0.643. The number of nitrogens with two attached hydrogens (primary N) is 1. The second kappa shape index (κ2) is 6.89. The lowest BCUT2D eigenvalue weighted by Crippen LogP contribution is -2.47. The molecule has 0 aliphatic carbocycles. The highest BCUT2D eigenvalue weighted by Gasteiger charge is 2.25. The molecule has 3 N–H and O–H groups in total. The molecule has 0 unspecified atom stereocenters. The lowest BCUT2D eigenvalue weighted by Gasteiger charge is -2.31. The summed E-state index contributed by atoms with van der Waals surface area (Å²) in [7, 11) is 0. The highest BCUT2D eigenvalue weighted by atomic mass is 32.1. The molecule has 2 rings (SSSR count). The molecular formula is C14H22N4O2S. The van der Waals surface area contributed by atoms with Crippen LogP contribution in [-0.2, 0) is 6.42 Å². The molecule has 6 nitrogen and oxygen atoms in total. The van der Waals surface area contributed by atoms with E-state index >= 15 is 0 Å². The molecule has 1 aromatic heterocycles. The van der Waals surface area contributed by atoms with Crippen molar-refractivity contribution in [2.24, 2.45) is 11.7 Å². The quantitative estimate of drug-likeness (QED) is 0.885. The van der Waals surface area contributed by atoms with E-state index in [0.29, 0.717) is 24.7 Å². The first-order valence-corrected chi connectivity index (χ1v) is 8.13. The van der Waals surface area contributed by atoms with Crippen LogP contribution in [0.25, 0.3) is 0 Å². The number of carbonyl (C=O) groups excluding carboxylic acids is 2. The predicted octanol–water partition coefficient (Wildman–Crippen LogP) is 1.61. The van der Waals surface area contributed by atoms with Crippen molar-refractivity contribution >= 4 is 23.3 Å². The summed E-state index contributed by atoms with van der Waals surface area (Å²) >= 11 is 1.55. The average Bonchev–Trinajstić information content (AvgIpc) is 2.85. The van der Waals surface area contributed by atoms with Gasteiger partial charge >= 0.3 is 6.03 Å². The van der Waals surface area contributed by atoms with Crippen LogP contribution in [0.1, 0.15) is 42.2 Å². The van der Waals surface area contributed by atoms with Crippen molar-refractivity contribution < 1.29 is 9.59 Å². The summed E-state index contributed by atoms with van der Waals surface area (Å²) in [5.74, 6) is 0.522. The number of piperidine rings is 1. The monoisotopic (exact) mass is 310 g/mol. The summed E-state index contributed by atoms with van der Waals surface area (Å²) in [6.45, 7) is 5.53. The van der Waals surface area contributed by atoms with Gasteiger partial charge in [-0.1, -0.05) is 13.8 Å². The van der Waals surface area contributed by atoms with Crippen molar-refractivity contribution in [3.05, 3.63) is 16.1 Å². The highest BCUT2D eigenvalue weighted by molar-refractivity contribution is 7.09. The number of thiazole rings is 1. The Morgan fingerprint density at radius 3 is 2.71 bits per heavy atom. The standard InChI is InChI=1S/C14H22N4O2S/c1-9(2)7-12-17-11(8-21-12)13(19)18-5-3-10(4-6-18)16-14(15)20/h8-10H,3-7H2,1-2H3,(H3,15,16,20). The molecule has 0 bridgehead atoms. The lowest BCUT2D eigenvalue weighted by atomic mass is 10.1. The molecule has 0 radical (unpaired) electrons. The van der Waals surface area contributed by atoms with Gasteiger partial charge < -0.3 is 16.0 Å². The highest BCUT2D eigenvalue weighted by Crippen LogP contribution is 2.18. The molecule has 3 amide bonds. The third-order valence-corrected chi connectivity index (χ3v) is 4.35. The molecule has 1 fully saturated rings. The van der Waals surface area contributed by atoms with Crippen molar-refractivity contribution in [2.75, 3.05) is 13.1 Å². The Morgan fingerprint density at radius 2 is 2.14 bits per heavy atom. The van der Waals surface area contributed by atoms with E-state index in [0.717, 1.165) is 24.3 Å². The fourth-order valence-electron chi connectivity index (χ4n) is 2.44. The third kappa shape index (κ3) is 4.42. The van der Waals surface area contributed by atoms with Crippen LogP contribution in [-0.4, -0.2) is 41.0 Å². The van der Waals surface area contributed by atoms with E-state index in [9.17, 15) is 9.59 Å². The maximum Gasteiger partial charge on any atom is 0.312 e. The number of urea groups is 1. The SMILES string of the molecule is CC(C)Cc1nc(C(=O)N2CCC(NC(N)=O)CC2)cs1. The Bertz CT molecular complexity index is 507. The molecule has 1 saturated heterocycles. The van der Waals surface area contributed by atoms with E-state index in [2.05, 4.69) is 24.1 Å². The Kier molecular flexibility index (Phi) is 5.17. The lowest BCUT2D eigenvalue weighted by molar-refractivity contribution is 0.0703. The second-order valence-electron chi connectivity index (χ2n) is 5.80. The van der Waals surface area contributed by atoms with Crippen LogP contribution in [0.2, 0.25) is 0 Å². The van der Waals surface area contributed by atoms with E-state index in [4.69, 9.17) is 5.73 Å². The van der Waals surface area contributed by atoms with E-state index in [1.807, 2.05) is 5.38 Å². The van der Waals surface area contributed by atoms with Gasteiger partial charge in [-0.25, -0.2) is 9.78 Å². The molecule has 0 saturated carbocycles. The summed E-state index contributed by atoms with van der Waals surface area (Å²) in [6.07, 6.45) is 2.37. The van der Waals surface area contributed by atoms with Crippen molar-refractivity contribution in [3.63, 3.8) is 0 Å². The van der Waals surface area contributed by atoms with Crippen molar-refractivity contribution in [2.45, 2.75) is 39.2 Å². The number of carbonyl (C=O) groups is 2. The van der Waals surface area contributed by atoms with Gasteiger partial charge in [-0.3, -0.25) is 4.79 Å². The van der Waals surface area contributed by atoms with Crippen LogP contribution in [0.3, 0.4) is 0 Å². The molecule has 0 atom stereocenters. The molecule has 0 spiro atoms. The topological polar surface area (TPSA) is 88.3 Å². The van der Waals surface area contributed by atoms with Crippen LogP contribution in [0.5, 0.6) is 0 Å². The number of aromatic nitrogens is 1. The van der Waals surface area contributed by atoms with Crippen LogP contribution in [0.15, 0.2) is 5.38 Å². The molecule has 0 aromatic carbocycles. The molecule has 1 aliphatic heterocycles. The molecule has 1 aliphatic rings. The van der Waals surface area contributed by atoms with E-state index in [1.165, 1.54) is 0 Å². The number of nitrogens with one attached hydrogen (secondary N) is 1. The number of hydrogen-bond donors (Lipinski definition) is 2. The van der Waals surface area contributed by atoms with Gasteiger partial charge in [0, 0.05) is 30.9 Å². The molecular weight excluding hydrogens is 288 g/mol. The number of rotatable bonds is 4. The molecule has 21 heavy (non-hydrogen) atoms. The van der Waals surface area contributed by atoms with Crippen molar-refractivity contribution in [1.29, 1.82) is 0 Å². The minimum Gasteiger partial charge on any atom is -0.352 e. The first-order valence-electron chi connectivity index (χ1n) is 7.25. The summed E-state index contributed by atoms with van der Waals surface area (Å²) in [6, 6.07) is -0.434. The van der Waals surface area contributed by atoms with E-state index < -0.39 is 6.03 Å². The van der Waals surface area contributed by atoms with Crippen molar-refractivity contribution in [3.8, 4) is 0 Å². The molecule has 2 heterocycles. The Morgan fingerprint density at radius 1 is 1.48 bits per heavy atom. The van der Waals surface area contributed by atoms with Gasteiger partial charge in [0.25, 0.3) is 5.91 Å². The maximum absolute atomic E-state index is 12.4. The summed E-state index contributed by atoms with van der Waals surface area (Å²) in [4.78, 5) is 29.4. The van der Waals surface area contributed by atoms with Gasteiger partial charge in [0.05, 0.1) is 5.01 Å². The number of amides is 3. The number of nitrogens with zero attached hydrogens (tertiary/aromatic N) is 2. The average molecular weight is 310 g/mol. The number of primary amides is 1. The summed E-state index contributed by atoms with van der Waals surface area (Å²) < 4.78 is 0. The molecule has 7 heteroatoms. The largest absolute Gasteiger partial charge is 0.352 e. The Balaban J connectivity index is 1.89. The van der Waals surface area contributed by atoms with Crippen LogP contribution in [0.4, 0.5) is 4.79 Å². The van der Waals surface area contributed by atoms with Gasteiger partial charge in [-0.15, -0.1) is 11.3 Å². The minimum absolute atomic E-state index is 0.0150. The number of hydrogen-bond acceptors (Lipinski definition) is 4. The molecule has 1 aromatic rings. The smallest absolute Gasteiger partial charge is 0.312 e. The van der Waals surface area contributed by atoms with Crippen LogP contribution >= 0.6 is 11.3 Å². The van der Waals surface area contributed by atoms with E-state index in [-0.39, 0.29) is 11.9 Å². The Labute approximate surface area is 128 Å². The second-order valence-corrected chi connectivity index (χ2v) is 6.74. The zero-order valence-electron chi connectivity index (χ0n) is 12.5. The van der Waals surface area contributed by atoms with Gasteiger partial charge in [0.15, 0.2) is 0 Å². The fourth-order valence-corrected chi connectivity index (χ4v) is 3.42. The zero-order valence-corrected chi connectivity index (χ0v) is 13.3. The van der Waals surface area contributed by atoms with E-state index in [1.54, 1.807) is 16.2 Å². The first-order chi connectivity index (χ1) is 9.95. The normalized spacial score (nSPS) is 16.2. The third-order valence-electron chi connectivity index (χ3n) is 3.48. The van der Waals surface area contributed by atoms with Gasteiger partial charge in [0.1, 0.15) is 5.69 Å². The van der Waals surface area contributed by atoms with Gasteiger partial charge in [0.2, 0.25) is 0 Å². The van der Waals surface area contributed by atoms with Gasteiger partial charge in [-0.2, -0.15) is 0 Å². The maximum atomic E-state index is 12.4. The van der Waals surface area contributed by atoms with Crippen molar-refractivity contribution in [1.82, 2.24) is 15.2 Å². The van der Waals surface area contributed by atoms with Crippen LogP contribution in [0, 0.1) is 5.92 Å². The van der Waals surface area contributed by atoms with Crippen LogP contribution < -0.4 is 11.1 Å². The summed E-state index contributed by atoms with van der Waals surface area (Å²) in [5, 5.41) is 5.55. The zero-order chi connectivity index (χ0) is 15.4. The predicted molar refractivity (Wildman–Crippen MR) is 82.3 cm³/mol. The minimum atomic E-state index is -0.502.